The highest BCUT2D eigenvalue weighted by Crippen LogP contribution is 2.12. The maximum atomic E-state index is 12.0. The van der Waals surface area contributed by atoms with E-state index in [-0.39, 0.29) is 5.91 Å². The van der Waals surface area contributed by atoms with E-state index in [1.165, 1.54) is 10.6 Å². The molecule has 1 amide bonds. The van der Waals surface area contributed by atoms with Crippen LogP contribution in [-0.4, -0.2) is 43.7 Å². The van der Waals surface area contributed by atoms with Crippen LogP contribution < -0.4 is 26.0 Å². The van der Waals surface area contributed by atoms with Gasteiger partial charge >= 0.3 is 0 Å². The van der Waals surface area contributed by atoms with Gasteiger partial charge in [-0.3, -0.25) is 15.6 Å². The van der Waals surface area contributed by atoms with Crippen LogP contribution in [0.5, 0.6) is 0 Å². The number of nitrogens with one attached hydrogen (secondary N) is 4. The molecule has 4 N–H and O–H groups in total. The molecule has 1 heterocycles. The van der Waals surface area contributed by atoms with Crippen LogP contribution in [0, 0.1) is 0 Å². The second-order valence-electron chi connectivity index (χ2n) is 6.57. The van der Waals surface area contributed by atoms with Crippen molar-refractivity contribution in [3.05, 3.63) is 60.7 Å². The summed E-state index contributed by atoms with van der Waals surface area (Å²) >= 11 is 5.18. The van der Waals surface area contributed by atoms with E-state index in [2.05, 4.69) is 45.3 Å². The number of hydrogen-bond donors (Lipinski definition) is 4. The molecule has 1 aliphatic heterocycles. The van der Waals surface area contributed by atoms with E-state index in [1.54, 1.807) is 0 Å². The Bertz CT molecular complexity index is 733. The largest absolute Gasteiger partial charge is 0.360 e. The predicted molar refractivity (Wildman–Crippen MR) is 113 cm³/mol. The number of benzene rings is 2. The Kier molecular flexibility index (Phi) is 7.01. The number of piperazine rings is 1. The first-order valence-electron chi connectivity index (χ1n) is 9.25. The van der Waals surface area contributed by atoms with Gasteiger partial charge in [-0.2, -0.15) is 0 Å². The molecular weight excluding hydrogens is 358 g/mol. The molecule has 0 saturated carbocycles. The highest BCUT2D eigenvalue weighted by Gasteiger charge is 2.20. The lowest BCUT2D eigenvalue weighted by Gasteiger charge is -2.33. The molecule has 0 unspecified atom stereocenters. The number of amides is 1. The second kappa shape index (κ2) is 9.89. The summed E-state index contributed by atoms with van der Waals surface area (Å²) in [6.45, 7) is 4.96. The van der Waals surface area contributed by atoms with E-state index in [0.29, 0.717) is 11.5 Å². The average Bonchev–Trinajstić information content (AvgIpc) is 2.72. The van der Waals surface area contributed by atoms with E-state index >= 15 is 0 Å². The molecule has 1 aliphatic rings. The van der Waals surface area contributed by atoms with Gasteiger partial charge in [0.2, 0.25) is 5.91 Å². The van der Waals surface area contributed by atoms with Crippen LogP contribution in [0.25, 0.3) is 0 Å². The summed E-state index contributed by atoms with van der Waals surface area (Å²) in [6.07, 6.45) is 0.474. The standard InChI is InChI=1S/C20H25N5OS/c26-19(22-23-20(27)21-17-7-3-1-4-8-17)11-12-24-13-15-25(16-14-24)18-9-5-2-6-10-18/h1-10H,11-16H2,(H,22,26)(H2,21,23,27)/p+1. The maximum Gasteiger partial charge on any atom is 0.244 e. The van der Waals surface area contributed by atoms with Gasteiger partial charge in [0.1, 0.15) is 0 Å². The van der Waals surface area contributed by atoms with Crippen molar-refractivity contribution in [1.82, 2.24) is 10.9 Å². The van der Waals surface area contributed by atoms with Crippen molar-refractivity contribution in [2.75, 3.05) is 42.9 Å². The first-order chi connectivity index (χ1) is 13.2. The number of thiocarbonyl (C=S) groups is 1. The predicted octanol–water partition coefficient (Wildman–Crippen LogP) is 0.799. The monoisotopic (exact) mass is 384 g/mol. The summed E-state index contributed by atoms with van der Waals surface area (Å²) in [4.78, 5) is 15.9. The van der Waals surface area contributed by atoms with Crippen molar-refractivity contribution in [2.45, 2.75) is 6.42 Å². The molecule has 7 heteroatoms. The molecule has 1 saturated heterocycles. The van der Waals surface area contributed by atoms with Crippen LogP contribution in [0.1, 0.15) is 6.42 Å². The smallest absolute Gasteiger partial charge is 0.244 e. The van der Waals surface area contributed by atoms with Crippen molar-refractivity contribution >= 4 is 34.6 Å². The van der Waals surface area contributed by atoms with Crippen LogP contribution in [0.3, 0.4) is 0 Å². The van der Waals surface area contributed by atoms with E-state index in [4.69, 9.17) is 12.2 Å². The highest BCUT2D eigenvalue weighted by molar-refractivity contribution is 7.80. The molecule has 2 aromatic rings. The van der Waals surface area contributed by atoms with E-state index < -0.39 is 0 Å². The summed E-state index contributed by atoms with van der Waals surface area (Å²) in [6, 6.07) is 20.1. The minimum atomic E-state index is -0.0507. The minimum Gasteiger partial charge on any atom is -0.360 e. The van der Waals surface area contributed by atoms with E-state index in [1.807, 2.05) is 36.4 Å². The zero-order valence-corrected chi connectivity index (χ0v) is 16.1. The SMILES string of the molecule is O=C(CC[NH+]1CCN(c2ccccc2)CC1)NNC(=S)Nc1ccccc1. The molecule has 0 bridgehead atoms. The molecule has 3 rings (SSSR count). The van der Waals surface area contributed by atoms with Gasteiger partial charge in [0.05, 0.1) is 39.1 Å². The number of carbonyl (C=O) groups excluding carboxylic acids is 1. The summed E-state index contributed by atoms with van der Waals surface area (Å²) in [5, 5.41) is 3.39. The molecule has 0 aromatic heterocycles. The van der Waals surface area contributed by atoms with Crippen LogP contribution in [0.4, 0.5) is 11.4 Å². The Morgan fingerprint density at radius 3 is 2.26 bits per heavy atom. The Morgan fingerprint density at radius 1 is 0.963 bits per heavy atom. The zero-order valence-electron chi connectivity index (χ0n) is 15.3. The molecule has 1 fully saturated rings. The second-order valence-corrected chi connectivity index (χ2v) is 6.97. The lowest BCUT2D eigenvalue weighted by atomic mass is 10.2. The van der Waals surface area contributed by atoms with Gasteiger partial charge in [0.15, 0.2) is 5.11 Å². The van der Waals surface area contributed by atoms with Gasteiger partial charge in [-0.1, -0.05) is 36.4 Å². The Balaban J connectivity index is 1.31. The molecule has 6 nitrogen and oxygen atoms in total. The fourth-order valence-corrected chi connectivity index (χ4v) is 3.30. The average molecular weight is 385 g/mol. The van der Waals surface area contributed by atoms with Gasteiger partial charge in [-0.05, 0) is 36.5 Å². The topological polar surface area (TPSA) is 60.8 Å². The van der Waals surface area contributed by atoms with Crippen LogP contribution in [0.2, 0.25) is 0 Å². The lowest BCUT2D eigenvalue weighted by molar-refractivity contribution is -0.900. The lowest BCUT2D eigenvalue weighted by Crippen LogP contribution is -3.15. The summed E-state index contributed by atoms with van der Waals surface area (Å²) < 4.78 is 0. The number of rotatable bonds is 5. The number of hydrogen-bond acceptors (Lipinski definition) is 3. The molecular formula is C20H26N5OS+. The summed E-state index contributed by atoms with van der Waals surface area (Å²) in [5.41, 5.74) is 7.57. The summed E-state index contributed by atoms with van der Waals surface area (Å²) in [5.74, 6) is -0.0507. The van der Waals surface area contributed by atoms with Crippen LogP contribution in [-0.2, 0) is 4.79 Å². The number of anilines is 2. The Labute approximate surface area is 165 Å². The highest BCUT2D eigenvalue weighted by atomic mass is 32.1. The van der Waals surface area contributed by atoms with Crippen molar-refractivity contribution in [1.29, 1.82) is 0 Å². The first kappa shape index (κ1) is 19.1. The van der Waals surface area contributed by atoms with Crippen molar-refractivity contribution in [2.24, 2.45) is 0 Å². The number of nitrogens with zero attached hydrogens (tertiary/aromatic N) is 1. The number of quaternary nitrogens is 1. The zero-order chi connectivity index (χ0) is 18.9. The molecule has 27 heavy (non-hydrogen) atoms. The minimum absolute atomic E-state index is 0.0507. The van der Waals surface area contributed by atoms with Gasteiger partial charge in [-0.25, -0.2) is 0 Å². The summed E-state index contributed by atoms with van der Waals surface area (Å²) in [7, 11) is 0. The first-order valence-corrected chi connectivity index (χ1v) is 9.66. The number of carbonyl (C=O) groups is 1. The third-order valence-corrected chi connectivity index (χ3v) is 4.85. The van der Waals surface area contributed by atoms with Crippen molar-refractivity contribution < 1.29 is 9.69 Å². The van der Waals surface area contributed by atoms with Crippen LogP contribution >= 0.6 is 12.2 Å². The molecule has 2 aromatic carbocycles. The molecule has 0 aliphatic carbocycles. The fraction of sp³-hybridized carbons (Fsp3) is 0.300. The van der Waals surface area contributed by atoms with Crippen molar-refractivity contribution in [3.8, 4) is 0 Å². The molecule has 0 radical (unpaired) electrons. The molecule has 142 valence electrons. The Morgan fingerprint density at radius 2 is 1.59 bits per heavy atom. The van der Waals surface area contributed by atoms with Gasteiger partial charge in [0, 0.05) is 11.4 Å². The normalized spacial score (nSPS) is 14.4. The fourth-order valence-electron chi connectivity index (χ4n) is 3.13. The van der Waals surface area contributed by atoms with Gasteiger partial charge in [-0.15, -0.1) is 0 Å². The van der Waals surface area contributed by atoms with E-state index in [0.717, 1.165) is 38.4 Å². The van der Waals surface area contributed by atoms with Crippen LogP contribution in [0.15, 0.2) is 60.7 Å². The maximum absolute atomic E-state index is 12.0. The Hall–Kier alpha value is -2.64. The van der Waals surface area contributed by atoms with Crippen molar-refractivity contribution in [3.63, 3.8) is 0 Å². The third-order valence-electron chi connectivity index (χ3n) is 4.64. The van der Waals surface area contributed by atoms with Gasteiger partial charge in [0.25, 0.3) is 0 Å². The molecule has 0 spiro atoms. The number of para-hydroxylation sites is 2. The molecule has 0 atom stereocenters. The van der Waals surface area contributed by atoms with Gasteiger partial charge < -0.3 is 15.1 Å². The van der Waals surface area contributed by atoms with E-state index in [9.17, 15) is 4.79 Å². The quantitative estimate of drug-likeness (QED) is 0.454. The third kappa shape index (κ3) is 6.23. The number of hydrazine groups is 1.